The van der Waals surface area contributed by atoms with E-state index in [0.29, 0.717) is 5.69 Å². The number of aryl methyl sites for hydroxylation is 1. The average molecular weight is 325 g/mol. The van der Waals surface area contributed by atoms with Gasteiger partial charge in [0.2, 0.25) is 5.91 Å². The Morgan fingerprint density at radius 3 is 2.58 bits per heavy atom. The van der Waals surface area contributed by atoms with Crippen molar-refractivity contribution < 1.29 is 14.3 Å². The van der Waals surface area contributed by atoms with Crippen LogP contribution in [0.5, 0.6) is 0 Å². The van der Waals surface area contributed by atoms with E-state index < -0.39 is 5.97 Å². The van der Waals surface area contributed by atoms with Gasteiger partial charge in [0.15, 0.2) is 0 Å². The summed E-state index contributed by atoms with van der Waals surface area (Å²) in [5.74, 6) is -0.630. The van der Waals surface area contributed by atoms with Crippen LogP contribution in [0, 0.1) is 0 Å². The normalized spacial score (nSPS) is 10.8. The molecule has 1 aromatic carbocycles. The number of anilines is 1. The highest BCUT2D eigenvalue weighted by Crippen LogP contribution is 2.21. The number of carbonyl (C=O) groups is 2. The Bertz CT molecular complexity index is 878. The van der Waals surface area contributed by atoms with E-state index in [9.17, 15) is 9.59 Å². The van der Waals surface area contributed by atoms with E-state index in [2.05, 4.69) is 5.32 Å². The van der Waals surface area contributed by atoms with E-state index in [-0.39, 0.29) is 19.1 Å². The third-order valence-electron chi connectivity index (χ3n) is 3.80. The Morgan fingerprint density at radius 2 is 1.88 bits per heavy atom. The molecule has 24 heavy (non-hydrogen) atoms. The van der Waals surface area contributed by atoms with Crippen LogP contribution in [0.15, 0.2) is 48.7 Å². The molecule has 0 aliphatic rings. The van der Waals surface area contributed by atoms with Gasteiger partial charge in [-0.25, -0.2) is 4.79 Å². The zero-order valence-corrected chi connectivity index (χ0v) is 13.7. The molecule has 124 valence electrons. The Labute approximate surface area is 139 Å². The maximum Gasteiger partial charge on any atom is 0.355 e. The maximum atomic E-state index is 12.4. The topological polar surface area (TPSA) is 65.3 Å². The maximum absolute atomic E-state index is 12.4. The zero-order valence-electron chi connectivity index (χ0n) is 13.7. The SMILES string of the molecule is CCOC(=O)c1cc2c(ccn2C)n1CC(=O)Nc1ccccc1. The van der Waals surface area contributed by atoms with Gasteiger partial charge in [0.1, 0.15) is 12.2 Å². The summed E-state index contributed by atoms with van der Waals surface area (Å²) in [6, 6.07) is 12.9. The van der Waals surface area contributed by atoms with Crippen LogP contribution >= 0.6 is 0 Å². The van der Waals surface area contributed by atoms with E-state index >= 15 is 0 Å². The number of aromatic nitrogens is 2. The van der Waals surface area contributed by atoms with E-state index in [1.165, 1.54) is 0 Å². The van der Waals surface area contributed by atoms with Gasteiger partial charge in [0.25, 0.3) is 0 Å². The first-order valence-electron chi connectivity index (χ1n) is 7.76. The second-order valence-electron chi connectivity index (χ2n) is 5.45. The molecule has 0 saturated heterocycles. The average Bonchev–Trinajstić information content (AvgIpc) is 3.10. The van der Waals surface area contributed by atoms with Crippen LogP contribution in [0.4, 0.5) is 5.69 Å². The van der Waals surface area contributed by atoms with Gasteiger partial charge in [-0.05, 0) is 31.2 Å². The predicted molar refractivity (Wildman–Crippen MR) is 91.9 cm³/mol. The molecule has 3 aromatic rings. The van der Waals surface area contributed by atoms with Crippen LogP contribution < -0.4 is 5.32 Å². The first kappa shape index (κ1) is 15.9. The molecule has 0 aliphatic carbocycles. The number of esters is 1. The fourth-order valence-corrected chi connectivity index (χ4v) is 2.68. The van der Waals surface area contributed by atoms with Crippen molar-refractivity contribution in [1.29, 1.82) is 0 Å². The number of hydrogen-bond acceptors (Lipinski definition) is 3. The van der Waals surface area contributed by atoms with Gasteiger partial charge in [-0.3, -0.25) is 4.79 Å². The summed E-state index contributed by atoms with van der Waals surface area (Å²) in [6.07, 6.45) is 1.89. The molecule has 2 heterocycles. The van der Waals surface area contributed by atoms with Crippen molar-refractivity contribution in [1.82, 2.24) is 9.13 Å². The van der Waals surface area contributed by atoms with Gasteiger partial charge in [0, 0.05) is 18.9 Å². The number of hydrogen-bond donors (Lipinski definition) is 1. The van der Waals surface area contributed by atoms with E-state index in [4.69, 9.17) is 4.74 Å². The van der Waals surface area contributed by atoms with Crippen LogP contribution in [-0.2, 0) is 23.1 Å². The lowest BCUT2D eigenvalue weighted by atomic mass is 10.3. The van der Waals surface area contributed by atoms with E-state index in [0.717, 1.165) is 16.7 Å². The summed E-state index contributed by atoms with van der Waals surface area (Å²) in [4.78, 5) is 24.6. The molecular weight excluding hydrogens is 306 g/mol. The van der Waals surface area contributed by atoms with Gasteiger partial charge in [-0.15, -0.1) is 0 Å². The minimum atomic E-state index is -0.429. The van der Waals surface area contributed by atoms with Crippen LogP contribution in [0.2, 0.25) is 0 Å². The van der Waals surface area contributed by atoms with Crippen molar-refractivity contribution >= 4 is 28.6 Å². The number of fused-ring (bicyclic) bond motifs is 1. The quantitative estimate of drug-likeness (QED) is 0.734. The molecule has 2 aromatic heterocycles. The monoisotopic (exact) mass is 325 g/mol. The number of para-hydroxylation sites is 1. The number of rotatable bonds is 5. The minimum absolute atomic E-state index is 0.0382. The number of ether oxygens (including phenoxy) is 1. The molecule has 0 saturated carbocycles. The van der Waals surface area contributed by atoms with Crippen molar-refractivity contribution in [2.24, 2.45) is 7.05 Å². The molecule has 0 unspecified atom stereocenters. The smallest absolute Gasteiger partial charge is 0.355 e. The fraction of sp³-hybridized carbons (Fsp3) is 0.222. The predicted octanol–water partition coefficient (Wildman–Crippen LogP) is 2.80. The number of benzene rings is 1. The third-order valence-corrected chi connectivity index (χ3v) is 3.80. The minimum Gasteiger partial charge on any atom is -0.461 e. The highest BCUT2D eigenvalue weighted by molar-refractivity contribution is 5.97. The summed E-state index contributed by atoms with van der Waals surface area (Å²) < 4.78 is 8.70. The van der Waals surface area contributed by atoms with Crippen molar-refractivity contribution in [3.8, 4) is 0 Å². The van der Waals surface area contributed by atoms with Crippen molar-refractivity contribution in [2.45, 2.75) is 13.5 Å². The molecule has 1 amide bonds. The second kappa shape index (κ2) is 6.62. The number of carbonyl (C=O) groups excluding carboxylic acids is 2. The molecule has 6 nitrogen and oxygen atoms in total. The molecule has 0 aliphatic heterocycles. The summed E-state index contributed by atoms with van der Waals surface area (Å²) >= 11 is 0. The van der Waals surface area contributed by atoms with E-state index in [1.54, 1.807) is 17.6 Å². The first-order chi connectivity index (χ1) is 11.6. The molecule has 0 fully saturated rings. The van der Waals surface area contributed by atoms with Crippen LogP contribution in [-0.4, -0.2) is 27.6 Å². The lowest BCUT2D eigenvalue weighted by Gasteiger charge is -2.10. The largest absolute Gasteiger partial charge is 0.461 e. The van der Waals surface area contributed by atoms with Gasteiger partial charge in [-0.2, -0.15) is 0 Å². The van der Waals surface area contributed by atoms with Crippen LogP contribution in [0.25, 0.3) is 11.0 Å². The first-order valence-corrected chi connectivity index (χ1v) is 7.76. The Kier molecular flexibility index (Phi) is 4.37. The van der Waals surface area contributed by atoms with Crippen LogP contribution in [0.1, 0.15) is 17.4 Å². The summed E-state index contributed by atoms with van der Waals surface area (Å²) in [7, 11) is 1.89. The highest BCUT2D eigenvalue weighted by Gasteiger charge is 2.20. The molecule has 0 spiro atoms. The summed E-state index contributed by atoms with van der Waals surface area (Å²) in [5.41, 5.74) is 2.80. The Hall–Kier alpha value is -3.02. The lowest BCUT2D eigenvalue weighted by molar-refractivity contribution is -0.116. The fourth-order valence-electron chi connectivity index (χ4n) is 2.68. The summed E-state index contributed by atoms with van der Waals surface area (Å²) in [5, 5.41) is 2.83. The lowest BCUT2D eigenvalue weighted by Crippen LogP contribution is -2.22. The van der Waals surface area contributed by atoms with Gasteiger partial charge >= 0.3 is 5.97 Å². The summed E-state index contributed by atoms with van der Waals surface area (Å²) in [6.45, 7) is 2.08. The number of amides is 1. The van der Waals surface area contributed by atoms with Crippen molar-refractivity contribution in [2.75, 3.05) is 11.9 Å². The Morgan fingerprint density at radius 1 is 1.12 bits per heavy atom. The van der Waals surface area contributed by atoms with E-state index in [1.807, 2.05) is 54.2 Å². The molecule has 6 heteroatoms. The van der Waals surface area contributed by atoms with Gasteiger partial charge < -0.3 is 19.2 Å². The molecule has 0 bridgehead atoms. The second-order valence-corrected chi connectivity index (χ2v) is 5.45. The van der Waals surface area contributed by atoms with Gasteiger partial charge in [0.05, 0.1) is 17.6 Å². The molecule has 0 radical (unpaired) electrons. The third kappa shape index (κ3) is 3.03. The van der Waals surface area contributed by atoms with Gasteiger partial charge in [-0.1, -0.05) is 18.2 Å². The highest BCUT2D eigenvalue weighted by atomic mass is 16.5. The molecule has 0 atom stereocenters. The zero-order chi connectivity index (χ0) is 17.1. The molecular formula is C18H19N3O3. The number of nitrogens with one attached hydrogen (secondary N) is 1. The standard InChI is InChI=1S/C18H19N3O3/c1-3-24-18(23)16-11-15-14(9-10-20(15)2)21(16)12-17(22)19-13-7-5-4-6-8-13/h4-11H,3,12H2,1-2H3,(H,19,22). The molecule has 1 N–H and O–H groups in total. The number of nitrogens with zero attached hydrogens (tertiary/aromatic N) is 2. The Balaban J connectivity index is 1.90. The molecule has 3 rings (SSSR count). The van der Waals surface area contributed by atoms with Crippen molar-refractivity contribution in [3.05, 3.63) is 54.4 Å². The van der Waals surface area contributed by atoms with Crippen LogP contribution in [0.3, 0.4) is 0 Å². The van der Waals surface area contributed by atoms with Crippen molar-refractivity contribution in [3.63, 3.8) is 0 Å².